The maximum atomic E-state index is 13.3. The SMILES string of the molecule is COc1ccc(C2=C(Sc3ccccc3)C(=O)N(CCN3CCOCC3)C2=O)cc1. The minimum Gasteiger partial charge on any atom is -0.497 e. The van der Waals surface area contributed by atoms with Gasteiger partial charge >= 0.3 is 0 Å². The standard InChI is InChI=1S/C23H24N2O4S/c1-28-18-9-7-17(8-10-18)20-21(30-19-5-3-2-4-6-19)23(27)25(22(20)26)12-11-24-13-15-29-16-14-24/h2-10H,11-16H2,1H3. The molecule has 0 radical (unpaired) electrons. The quantitative estimate of drug-likeness (QED) is 0.637. The van der Waals surface area contributed by atoms with Gasteiger partial charge in [0.2, 0.25) is 0 Å². The lowest BCUT2D eigenvalue weighted by molar-refractivity contribution is -0.136. The molecule has 156 valence electrons. The smallest absolute Gasteiger partial charge is 0.268 e. The molecule has 2 aromatic rings. The van der Waals surface area contributed by atoms with Crippen molar-refractivity contribution in [2.45, 2.75) is 4.90 Å². The Bertz CT molecular complexity index is 937. The summed E-state index contributed by atoms with van der Waals surface area (Å²) < 4.78 is 10.6. The number of benzene rings is 2. The van der Waals surface area contributed by atoms with Gasteiger partial charge in [-0.15, -0.1) is 0 Å². The number of morpholine rings is 1. The van der Waals surface area contributed by atoms with E-state index in [1.54, 1.807) is 19.2 Å². The molecule has 0 unspecified atom stereocenters. The van der Waals surface area contributed by atoms with Gasteiger partial charge in [-0.05, 0) is 29.8 Å². The van der Waals surface area contributed by atoms with E-state index in [4.69, 9.17) is 9.47 Å². The van der Waals surface area contributed by atoms with E-state index in [0.29, 0.717) is 42.5 Å². The molecule has 30 heavy (non-hydrogen) atoms. The summed E-state index contributed by atoms with van der Waals surface area (Å²) in [6.07, 6.45) is 0. The minimum atomic E-state index is -0.239. The van der Waals surface area contributed by atoms with E-state index < -0.39 is 0 Å². The normalized spacial score (nSPS) is 17.7. The van der Waals surface area contributed by atoms with Crippen LogP contribution in [-0.2, 0) is 14.3 Å². The molecule has 0 atom stereocenters. The van der Waals surface area contributed by atoms with Crippen molar-refractivity contribution in [3.8, 4) is 5.75 Å². The van der Waals surface area contributed by atoms with Gasteiger partial charge in [-0.3, -0.25) is 19.4 Å². The number of hydrogen-bond donors (Lipinski definition) is 0. The zero-order valence-corrected chi connectivity index (χ0v) is 17.7. The van der Waals surface area contributed by atoms with Gasteiger partial charge in [-0.2, -0.15) is 0 Å². The Kier molecular flexibility index (Phi) is 6.52. The Hall–Kier alpha value is -2.61. The molecule has 0 aliphatic carbocycles. The fourth-order valence-electron chi connectivity index (χ4n) is 3.54. The van der Waals surface area contributed by atoms with Crippen molar-refractivity contribution in [1.82, 2.24) is 9.80 Å². The third kappa shape index (κ3) is 4.43. The molecule has 2 aliphatic heterocycles. The van der Waals surface area contributed by atoms with Crippen molar-refractivity contribution >= 4 is 29.1 Å². The summed E-state index contributed by atoms with van der Waals surface area (Å²) in [7, 11) is 1.60. The summed E-state index contributed by atoms with van der Waals surface area (Å²) in [6.45, 7) is 4.04. The molecule has 0 saturated carbocycles. The molecule has 7 heteroatoms. The maximum absolute atomic E-state index is 13.3. The molecular formula is C23H24N2O4S. The first-order valence-electron chi connectivity index (χ1n) is 9.95. The van der Waals surface area contributed by atoms with Crippen LogP contribution in [0.2, 0.25) is 0 Å². The zero-order chi connectivity index (χ0) is 20.9. The maximum Gasteiger partial charge on any atom is 0.268 e. The Morgan fingerprint density at radius 2 is 1.63 bits per heavy atom. The van der Waals surface area contributed by atoms with E-state index in [2.05, 4.69) is 4.90 Å². The average molecular weight is 425 g/mol. The van der Waals surface area contributed by atoms with Crippen molar-refractivity contribution in [3.05, 3.63) is 65.1 Å². The van der Waals surface area contributed by atoms with E-state index in [9.17, 15) is 9.59 Å². The molecule has 0 bridgehead atoms. The molecule has 2 heterocycles. The van der Waals surface area contributed by atoms with Crippen LogP contribution < -0.4 is 4.74 Å². The van der Waals surface area contributed by atoms with Crippen LogP contribution in [0, 0.1) is 0 Å². The number of nitrogens with zero attached hydrogens (tertiary/aromatic N) is 2. The van der Waals surface area contributed by atoms with Crippen LogP contribution in [0.25, 0.3) is 5.57 Å². The molecule has 2 aliphatic rings. The Morgan fingerprint density at radius 1 is 0.933 bits per heavy atom. The number of carbonyl (C=O) groups excluding carboxylic acids is 2. The van der Waals surface area contributed by atoms with Gasteiger partial charge in [0, 0.05) is 31.1 Å². The lowest BCUT2D eigenvalue weighted by Gasteiger charge is -2.28. The number of rotatable bonds is 7. The van der Waals surface area contributed by atoms with E-state index in [0.717, 1.165) is 23.5 Å². The zero-order valence-electron chi connectivity index (χ0n) is 16.9. The highest BCUT2D eigenvalue weighted by Gasteiger charge is 2.39. The third-order valence-corrected chi connectivity index (χ3v) is 6.30. The topological polar surface area (TPSA) is 59.1 Å². The average Bonchev–Trinajstić information content (AvgIpc) is 3.03. The minimum absolute atomic E-state index is 0.229. The first-order chi connectivity index (χ1) is 14.7. The van der Waals surface area contributed by atoms with Crippen molar-refractivity contribution < 1.29 is 19.1 Å². The highest BCUT2D eigenvalue weighted by atomic mass is 32.2. The van der Waals surface area contributed by atoms with Gasteiger partial charge in [0.1, 0.15) is 5.75 Å². The summed E-state index contributed by atoms with van der Waals surface area (Å²) >= 11 is 1.34. The number of imide groups is 1. The van der Waals surface area contributed by atoms with E-state index >= 15 is 0 Å². The van der Waals surface area contributed by atoms with Gasteiger partial charge in [-0.1, -0.05) is 42.1 Å². The first kappa shape index (κ1) is 20.7. The van der Waals surface area contributed by atoms with Crippen LogP contribution in [0.3, 0.4) is 0 Å². The first-order valence-corrected chi connectivity index (χ1v) is 10.8. The van der Waals surface area contributed by atoms with Crippen molar-refractivity contribution in [2.75, 3.05) is 46.5 Å². The van der Waals surface area contributed by atoms with Crippen LogP contribution in [-0.4, -0.2) is 68.1 Å². The Balaban J connectivity index is 1.61. The van der Waals surface area contributed by atoms with E-state index in [-0.39, 0.29) is 11.8 Å². The second-order valence-electron chi connectivity index (χ2n) is 7.06. The molecule has 1 fully saturated rings. The number of carbonyl (C=O) groups is 2. The highest BCUT2D eigenvalue weighted by molar-refractivity contribution is 8.04. The van der Waals surface area contributed by atoms with Crippen LogP contribution in [0.15, 0.2) is 64.4 Å². The summed E-state index contributed by atoms with van der Waals surface area (Å²) in [5.74, 6) is 0.238. The van der Waals surface area contributed by atoms with Gasteiger partial charge < -0.3 is 9.47 Å². The molecule has 2 aromatic carbocycles. The molecule has 6 nitrogen and oxygen atoms in total. The van der Waals surface area contributed by atoms with Gasteiger partial charge in [0.05, 0.1) is 30.8 Å². The van der Waals surface area contributed by atoms with Gasteiger partial charge in [-0.25, -0.2) is 0 Å². The van der Waals surface area contributed by atoms with E-state index in [1.807, 2.05) is 42.5 Å². The number of ether oxygens (including phenoxy) is 2. The summed E-state index contributed by atoms with van der Waals surface area (Å²) in [5, 5.41) is 0. The molecule has 0 spiro atoms. The van der Waals surface area contributed by atoms with E-state index in [1.165, 1.54) is 16.7 Å². The number of methoxy groups -OCH3 is 1. The van der Waals surface area contributed by atoms with Crippen LogP contribution in [0.5, 0.6) is 5.75 Å². The second kappa shape index (κ2) is 9.47. The monoisotopic (exact) mass is 424 g/mol. The van der Waals surface area contributed by atoms with Crippen molar-refractivity contribution in [1.29, 1.82) is 0 Å². The van der Waals surface area contributed by atoms with Crippen LogP contribution >= 0.6 is 11.8 Å². The third-order valence-electron chi connectivity index (χ3n) is 5.21. The van der Waals surface area contributed by atoms with Gasteiger partial charge in [0.15, 0.2) is 0 Å². The lowest BCUT2D eigenvalue weighted by Crippen LogP contribution is -2.43. The number of hydrogen-bond acceptors (Lipinski definition) is 6. The summed E-state index contributed by atoms with van der Waals surface area (Å²) in [5.41, 5.74) is 1.18. The molecule has 1 saturated heterocycles. The predicted molar refractivity (Wildman–Crippen MR) is 116 cm³/mol. The Morgan fingerprint density at radius 3 is 2.30 bits per heavy atom. The largest absolute Gasteiger partial charge is 0.497 e. The highest BCUT2D eigenvalue weighted by Crippen LogP contribution is 2.39. The fraction of sp³-hybridized carbons (Fsp3) is 0.304. The number of amides is 2. The summed E-state index contributed by atoms with van der Waals surface area (Å²) in [6, 6.07) is 16.9. The predicted octanol–water partition coefficient (Wildman–Crippen LogP) is 2.90. The second-order valence-corrected chi connectivity index (χ2v) is 8.15. The van der Waals surface area contributed by atoms with Crippen molar-refractivity contribution in [3.63, 3.8) is 0 Å². The molecule has 0 N–H and O–H groups in total. The summed E-state index contributed by atoms with van der Waals surface area (Å²) in [4.78, 5) is 31.6. The van der Waals surface area contributed by atoms with Crippen LogP contribution in [0.1, 0.15) is 5.56 Å². The molecule has 0 aromatic heterocycles. The van der Waals surface area contributed by atoms with Crippen LogP contribution in [0.4, 0.5) is 0 Å². The molecular weight excluding hydrogens is 400 g/mol. The van der Waals surface area contributed by atoms with Gasteiger partial charge in [0.25, 0.3) is 11.8 Å². The molecule has 2 amide bonds. The Labute approximate surface area is 180 Å². The fourth-order valence-corrected chi connectivity index (χ4v) is 4.57. The number of thioether (sulfide) groups is 1. The molecule has 4 rings (SSSR count). The lowest BCUT2D eigenvalue weighted by atomic mass is 10.1. The van der Waals surface area contributed by atoms with Crippen molar-refractivity contribution in [2.24, 2.45) is 0 Å².